The second-order valence-electron chi connectivity index (χ2n) is 8.08. The summed E-state index contributed by atoms with van der Waals surface area (Å²) in [6, 6.07) is 7.80. The minimum Gasteiger partial charge on any atom is -0.493 e. The van der Waals surface area contributed by atoms with Crippen molar-refractivity contribution < 1.29 is 14.2 Å². The Balaban J connectivity index is 1.64. The number of nitrogens with zero attached hydrogens (tertiary/aromatic N) is 3. The molecule has 2 aliphatic heterocycles. The van der Waals surface area contributed by atoms with Gasteiger partial charge in [-0.15, -0.1) is 0 Å². The highest BCUT2D eigenvalue weighted by atomic mass is 16.5. The Labute approximate surface area is 183 Å². The number of hydrogen-bond acceptors (Lipinski definition) is 7. The largest absolute Gasteiger partial charge is 0.493 e. The SMILES string of the molecule is COc1cccc(CC2CCCCCN2c2nc(N3CCOCC3)cc(=O)[nH]2)c1OC. The second kappa shape index (κ2) is 10.0. The first-order valence-electron chi connectivity index (χ1n) is 11.1. The molecule has 0 aliphatic carbocycles. The molecule has 2 fully saturated rings. The van der Waals surface area contributed by atoms with Crippen molar-refractivity contribution in [2.75, 3.05) is 56.9 Å². The number of para-hydroxylation sites is 1. The minimum atomic E-state index is -0.117. The fraction of sp³-hybridized carbons (Fsp3) is 0.565. The van der Waals surface area contributed by atoms with Crippen LogP contribution >= 0.6 is 0 Å². The van der Waals surface area contributed by atoms with Crippen LogP contribution in [-0.2, 0) is 11.2 Å². The van der Waals surface area contributed by atoms with Crippen molar-refractivity contribution in [3.8, 4) is 11.5 Å². The van der Waals surface area contributed by atoms with Crippen molar-refractivity contribution >= 4 is 11.8 Å². The van der Waals surface area contributed by atoms with E-state index < -0.39 is 0 Å². The van der Waals surface area contributed by atoms with E-state index in [-0.39, 0.29) is 11.6 Å². The molecule has 4 rings (SSSR count). The molecule has 3 heterocycles. The van der Waals surface area contributed by atoms with Gasteiger partial charge in [-0.05, 0) is 25.3 Å². The van der Waals surface area contributed by atoms with E-state index in [1.165, 1.54) is 6.42 Å². The first-order valence-corrected chi connectivity index (χ1v) is 11.1. The quantitative estimate of drug-likeness (QED) is 0.758. The molecule has 0 amide bonds. The molecule has 2 aliphatic rings. The van der Waals surface area contributed by atoms with Gasteiger partial charge < -0.3 is 24.0 Å². The first-order chi connectivity index (χ1) is 15.2. The average Bonchev–Trinajstić information content (AvgIpc) is 3.04. The van der Waals surface area contributed by atoms with Crippen LogP contribution in [0.5, 0.6) is 11.5 Å². The van der Waals surface area contributed by atoms with Crippen molar-refractivity contribution in [2.24, 2.45) is 0 Å². The van der Waals surface area contributed by atoms with Gasteiger partial charge in [-0.3, -0.25) is 9.78 Å². The molecule has 0 bridgehead atoms. The summed E-state index contributed by atoms with van der Waals surface area (Å²) < 4.78 is 16.6. The molecule has 1 unspecified atom stereocenters. The first kappa shape index (κ1) is 21.5. The average molecular weight is 429 g/mol. The van der Waals surface area contributed by atoms with Gasteiger partial charge in [0.2, 0.25) is 5.95 Å². The Kier molecular flexibility index (Phi) is 6.96. The van der Waals surface area contributed by atoms with Crippen LogP contribution in [0.3, 0.4) is 0 Å². The predicted octanol–water partition coefficient (Wildman–Crippen LogP) is 2.62. The number of ether oxygens (including phenoxy) is 3. The highest BCUT2D eigenvalue weighted by Gasteiger charge is 2.26. The summed E-state index contributed by atoms with van der Waals surface area (Å²) in [4.78, 5) is 24.8. The zero-order valence-corrected chi connectivity index (χ0v) is 18.4. The molecule has 0 radical (unpaired) electrons. The van der Waals surface area contributed by atoms with Gasteiger partial charge >= 0.3 is 0 Å². The van der Waals surface area contributed by atoms with Crippen molar-refractivity contribution in [1.29, 1.82) is 0 Å². The molecule has 2 aromatic rings. The van der Waals surface area contributed by atoms with Crippen LogP contribution in [0.25, 0.3) is 0 Å². The Morgan fingerprint density at radius 2 is 1.97 bits per heavy atom. The van der Waals surface area contributed by atoms with Crippen LogP contribution in [0.15, 0.2) is 29.1 Å². The molecular weight excluding hydrogens is 396 g/mol. The lowest BCUT2D eigenvalue weighted by Crippen LogP contribution is -2.41. The third-order valence-corrected chi connectivity index (χ3v) is 6.14. The van der Waals surface area contributed by atoms with E-state index in [4.69, 9.17) is 19.2 Å². The maximum absolute atomic E-state index is 12.5. The number of rotatable bonds is 6. The number of aromatic amines is 1. The molecule has 1 N–H and O–H groups in total. The Hall–Kier alpha value is -2.74. The molecule has 8 heteroatoms. The maximum atomic E-state index is 12.5. The van der Waals surface area contributed by atoms with E-state index in [1.54, 1.807) is 20.3 Å². The van der Waals surface area contributed by atoms with E-state index in [9.17, 15) is 4.79 Å². The zero-order chi connectivity index (χ0) is 21.6. The maximum Gasteiger partial charge on any atom is 0.254 e. The van der Waals surface area contributed by atoms with Gasteiger partial charge in [0.1, 0.15) is 5.82 Å². The van der Waals surface area contributed by atoms with Crippen LogP contribution in [0.4, 0.5) is 11.8 Å². The fourth-order valence-corrected chi connectivity index (χ4v) is 4.56. The van der Waals surface area contributed by atoms with Crippen LogP contribution in [0, 0.1) is 0 Å². The summed E-state index contributed by atoms with van der Waals surface area (Å²) in [5, 5.41) is 0. The highest BCUT2D eigenvalue weighted by molar-refractivity contribution is 5.49. The summed E-state index contributed by atoms with van der Waals surface area (Å²) in [5.74, 6) is 2.89. The van der Waals surface area contributed by atoms with Crippen molar-refractivity contribution in [3.05, 3.63) is 40.2 Å². The molecule has 0 spiro atoms. The summed E-state index contributed by atoms with van der Waals surface area (Å²) >= 11 is 0. The lowest BCUT2D eigenvalue weighted by atomic mass is 9.99. The highest BCUT2D eigenvalue weighted by Crippen LogP contribution is 2.34. The van der Waals surface area contributed by atoms with E-state index >= 15 is 0 Å². The molecule has 31 heavy (non-hydrogen) atoms. The zero-order valence-electron chi connectivity index (χ0n) is 18.4. The molecule has 0 saturated carbocycles. The van der Waals surface area contributed by atoms with Gasteiger partial charge in [-0.25, -0.2) is 0 Å². The lowest BCUT2D eigenvalue weighted by Gasteiger charge is -2.33. The van der Waals surface area contributed by atoms with Crippen LogP contribution in [0.1, 0.15) is 31.2 Å². The van der Waals surface area contributed by atoms with Gasteiger partial charge in [-0.2, -0.15) is 4.98 Å². The van der Waals surface area contributed by atoms with Crippen molar-refractivity contribution in [1.82, 2.24) is 9.97 Å². The van der Waals surface area contributed by atoms with Gasteiger partial charge in [0.25, 0.3) is 5.56 Å². The monoisotopic (exact) mass is 428 g/mol. The molecule has 1 aromatic carbocycles. The minimum absolute atomic E-state index is 0.117. The standard InChI is InChI=1S/C23H32N4O4/c1-29-19-9-6-7-17(22(19)30-2)15-18-8-4-3-5-10-27(18)23-24-20(16-21(28)25-23)26-11-13-31-14-12-26/h6-7,9,16,18H,3-5,8,10-15H2,1-2H3,(H,24,25,28). The van der Waals surface area contributed by atoms with Gasteiger partial charge in [0.15, 0.2) is 11.5 Å². The number of anilines is 2. The van der Waals surface area contributed by atoms with E-state index in [0.29, 0.717) is 19.2 Å². The topological polar surface area (TPSA) is 79.9 Å². The summed E-state index contributed by atoms with van der Waals surface area (Å²) in [6.45, 7) is 3.69. The van der Waals surface area contributed by atoms with E-state index in [2.05, 4.69) is 20.9 Å². The second-order valence-corrected chi connectivity index (χ2v) is 8.08. The van der Waals surface area contributed by atoms with Crippen LogP contribution in [0.2, 0.25) is 0 Å². The Morgan fingerprint density at radius 3 is 2.74 bits per heavy atom. The van der Waals surface area contributed by atoms with Crippen LogP contribution in [-0.4, -0.2) is 63.1 Å². The molecule has 168 valence electrons. The van der Waals surface area contributed by atoms with Crippen molar-refractivity contribution in [2.45, 2.75) is 38.1 Å². The van der Waals surface area contributed by atoms with Crippen LogP contribution < -0.4 is 24.8 Å². The molecule has 2 saturated heterocycles. The fourth-order valence-electron chi connectivity index (χ4n) is 4.56. The summed E-state index contributed by atoms with van der Waals surface area (Å²) in [5.41, 5.74) is 0.985. The molecule has 8 nitrogen and oxygen atoms in total. The number of hydrogen-bond donors (Lipinski definition) is 1. The Morgan fingerprint density at radius 1 is 1.13 bits per heavy atom. The third kappa shape index (κ3) is 4.95. The van der Waals surface area contributed by atoms with E-state index in [1.807, 2.05) is 12.1 Å². The summed E-state index contributed by atoms with van der Waals surface area (Å²) in [6.07, 6.45) is 5.24. The molecule has 1 aromatic heterocycles. The van der Waals surface area contributed by atoms with E-state index in [0.717, 1.165) is 68.2 Å². The number of benzene rings is 1. The van der Waals surface area contributed by atoms with Gasteiger partial charge in [0.05, 0.1) is 27.4 Å². The number of nitrogens with one attached hydrogen (secondary N) is 1. The molecular formula is C23H32N4O4. The predicted molar refractivity (Wildman–Crippen MR) is 121 cm³/mol. The number of aromatic nitrogens is 2. The molecule has 1 atom stereocenters. The van der Waals surface area contributed by atoms with Crippen molar-refractivity contribution in [3.63, 3.8) is 0 Å². The number of methoxy groups -OCH3 is 2. The third-order valence-electron chi connectivity index (χ3n) is 6.14. The van der Waals surface area contributed by atoms with Gasteiger partial charge in [-0.1, -0.05) is 25.0 Å². The lowest BCUT2D eigenvalue weighted by molar-refractivity contribution is 0.122. The Bertz CT molecular complexity index is 926. The normalized spacial score (nSPS) is 19.7. The number of morpholine rings is 1. The van der Waals surface area contributed by atoms with Gasteiger partial charge in [0, 0.05) is 37.3 Å². The smallest absolute Gasteiger partial charge is 0.254 e. The number of H-pyrrole nitrogens is 1. The summed E-state index contributed by atoms with van der Waals surface area (Å²) in [7, 11) is 3.34.